The first-order valence-electron chi connectivity index (χ1n) is 6.21. The van der Waals surface area contributed by atoms with E-state index >= 15 is 0 Å². The van der Waals surface area contributed by atoms with Gasteiger partial charge in [0.1, 0.15) is 0 Å². The lowest BCUT2D eigenvalue weighted by Gasteiger charge is -2.03. The number of methoxy groups -OCH3 is 1. The Morgan fingerprint density at radius 3 is 2.80 bits per heavy atom. The first-order chi connectivity index (χ1) is 9.78. The third kappa shape index (κ3) is 2.25. The predicted octanol–water partition coefficient (Wildman–Crippen LogP) is 2.11. The molecule has 0 N–H and O–H groups in total. The number of aromatic nitrogens is 3. The van der Waals surface area contributed by atoms with E-state index in [0.717, 1.165) is 22.2 Å². The molecule has 0 amide bonds. The van der Waals surface area contributed by atoms with E-state index in [4.69, 9.17) is 4.74 Å². The average molecular weight is 267 g/mol. The van der Waals surface area contributed by atoms with Crippen LogP contribution in [-0.4, -0.2) is 27.7 Å². The van der Waals surface area contributed by atoms with Gasteiger partial charge in [-0.15, -0.1) is 0 Å². The monoisotopic (exact) mass is 267 g/mol. The molecular weight excluding hydrogens is 254 g/mol. The van der Waals surface area contributed by atoms with E-state index in [2.05, 4.69) is 10.1 Å². The summed E-state index contributed by atoms with van der Waals surface area (Å²) in [6.45, 7) is 0. The number of fused-ring (bicyclic) bond motifs is 1. The van der Waals surface area contributed by atoms with Gasteiger partial charge >= 0.3 is 5.97 Å². The molecule has 0 fully saturated rings. The fourth-order valence-corrected chi connectivity index (χ4v) is 2.12. The lowest BCUT2D eigenvalue weighted by Crippen LogP contribution is -2.04. The molecule has 3 aromatic rings. The van der Waals surface area contributed by atoms with Crippen LogP contribution in [0.2, 0.25) is 0 Å². The van der Waals surface area contributed by atoms with Crippen molar-refractivity contribution < 1.29 is 9.53 Å². The van der Waals surface area contributed by atoms with E-state index in [9.17, 15) is 4.79 Å². The standard InChI is InChI=1S/C15H13N3O2/c1-20-15(19)9-13-10-17-18-7-4-12(8-14(13)18)11-2-5-16-6-3-11/h2-8,10H,9H2,1H3. The smallest absolute Gasteiger partial charge is 0.310 e. The Kier molecular flexibility index (Phi) is 3.16. The highest BCUT2D eigenvalue weighted by atomic mass is 16.5. The van der Waals surface area contributed by atoms with Gasteiger partial charge in [-0.2, -0.15) is 5.10 Å². The second kappa shape index (κ2) is 5.13. The summed E-state index contributed by atoms with van der Waals surface area (Å²) in [4.78, 5) is 15.4. The second-order valence-electron chi connectivity index (χ2n) is 4.40. The number of carbonyl (C=O) groups is 1. The predicted molar refractivity (Wildman–Crippen MR) is 74.1 cm³/mol. The number of hydrogen-bond acceptors (Lipinski definition) is 4. The van der Waals surface area contributed by atoms with E-state index in [1.807, 2.05) is 30.5 Å². The van der Waals surface area contributed by atoms with Crippen LogP contribution in [0.3, 0.4) is 0 Å². The normalized spacial score (nSPS) is 10.7. The van der Waals surface area contributed by atoms with Crippen LogP contribution in [0.1, 0.15) is 5.56 Å². The molecule has 0 spiro atoms. The van der Waals surface area contributed by atoms with E-state index in [-0.39, 0.29) is 12.4 Å². The van der Waals surface area contributed by atoms with Crippen LogP contribution in [0.15, 0.2) is 49.1 Å². The molecule has 3 heterocycles. The van der Waals surface area contributed by atoms with Crippen molar-refractivity contribution in [3.05, 3.63) is 54.6 Å². The first kappa shape index (κ1) is 12.3. The largest absolute Gasteiger partial charge is 0.469 e. The molecule has 0 aromatic carbocycles. The van der Waals surface area contributed by atoms with Crippen molar-refractivity contribution in [2.75, 3.05) is 7.11 Å². The minimum Gasteiger partial charge on any atom is -0.469 e. The summed E-state index contributed by atoms with van der Waals surface area (Å²) in [6, 6.07) is 7.89. The molecule has 0 aliphatic rings. The van der Waals surface area contributed by atoms with Gasteiger partial charge in [0, 0.05) is 24.2 Å². The number of esters is 1. The molecule has 100 valence electrons. The van der Waals surface area contributed by atoms with Crippen molar-refractivity contribution in [3.8, 4) is 11.1 Å². The SMILES string of the molecule is COC(=O)Cc1cnn2ccc(-c3ccncc3)cc12. The molecule has 0 radical (unpaired) electrons. The molecule has 3 aromatic heterocycles. The highest BCUT2D eigenvalue weighted by Gasteiger charge is 2.10. The summed E-state index contributed by atoms with van der Waals surface area (Å²) >= 11 is 0. The van der Waals surface area contributed by atoms with Gasteiger partial charge in [0.15, 0.2) is 0 Å². The molecule has 0 aliphatic carbocycles. The summed E-state index contributed by atoms with van der Waals surface area (Å²) in [5.41, 5.74) is 3.90. The van der Waals surface area contributed by atoms with Gasteiger partial charge in [0.2, 0.25) is 0 Å². The van der Waals surface area contributed by atoms with Crippen molar-refractivity contribution in [1.82, 2.24) is 14.6 Å². The molecule has 0 saturated carbocycles. The van der Waals surface area contributed by atoms with Crippen molar-refractivity contribution in [2.45, 2.75) is 6.42 Å². The Hall–Kier alpha value is -2.69. The Morgan fingerprint density at radius 1 is 1.25 bits per heavy atom. The number of hydrogen-bond donors (Lipinski definition) is 0. The Bertz CT molecular complexity index is 750. The maximum Gasteiger partial charge on any atom is 0.310 e. The van der Waals surface area contributed by atoms with E-state index < -0.39 is 0 Å². The Morgan fingerprint density at radius 2 is 2.05 bits per heavy atom. The van der Waals surface area contributed by atoms with Gasteiger partial charge in [-0.3, -0.25) is 9.78 Å². The molecule has 0 saturated heterocycles. The van der Waals surface area contributed by atoms with Crippen molar-refractivity contribution in [1.29, 1.82) is 0 Å². The van der Waals surface area contributed by atoms with Gasteiger partial charge < -0.3 is 4.74 Å². The van der Waals surface area contributed by atoms with Gasteiger partial charge in [0.25, 0.3) is 0 Å². The van der Waals surface area contributed by atoms with E-state index in [1.165, 1.54) is 7.11 Å². The van der Waals surface area contributed by atoms with Crippen LogP contribution in [0.5, 0.6) is 0 Å². The minimum atomic E-state index is -0.269. The molecule has 0 bridgehead atoms. The Balaban J connectivity index is 2.05. The van der Waals surface area contributed by atoms with Gasteiger partial charge in [-0.25, -0.2) is 4.52 Å². The fourth-order valence-electron chi connectivity index (χ4n) is 2.12. The lowest BCUT2D eigenvalue weighted by molar-refractivity contribution is -0.139. The highest BCUT2D eigenvalue weighted by molar-refractivity contribution is 5.77. The quantitative estimate of drug-likeness (QED) is 0.682. The second-order valence-corrected chi connectivity index (χ2v) is 4.40. The van der Waals surface area contributed by atoms with Crippen molar-refractivity contribution in [2.24, 2.45) is 0 Å². The number of ether oxygens (including phenoxy) is 1. The zero-order chi connectivity index (χ0) is 13.9. The summed E-state index contributed by atoms with van der Waals surface area (Å²) < 4.78 is 6.46. The Labute approximate surface area is 115 Å². The average Bonchev–Trinajstić information content (AvgIpc) is 2.90. The summed E-state index contributed by atoms with van der Waals surface area (Å²) in [5.74, 6) is -0.269. The van der Waals surface area contributed by atoms with Crippen molar-refractivity contribution in [3.63, 3.8) is 0 Å². The zero-order valence-electron chi connectivity index (χ0n) is 11.0. The summed E-state index contributed by atoms with van der Waals surface area (Å²) in [5, 5.41) is 4.24. The maximum absolute atomic E-state index is 11.4. The lowest BCUT2D eigenvalue weighted by atomic mass is 10.1. The number of nitrogens with zero attached hydrogens (tertiary/aromatic N) is 3. The number of pyridine rings is 2. The molecule has 0 atom stereocenters. The van der Waals surface area contributed by atoms with Crippen LogP contribution >= 0.6 is 0 Å². The summed E-state index contributed by atoms with van der Waals surface area (Å²) in [7, 11) is 1.39. The van der Waals surface area contributed by atoms with Crippen molar-refractivity contribution >= 4 is 11.5 Å². The minimum absolute atomic E-state index is 0.222. The van der Waals surface area contributed by atoms with Crippen LogP contribution in [0.25, 0.3) is 16.6 Å². The molecule has 0 aliphatic heterocycles. The molecular formula is C15H13N3O2. The third-order valence-electron chi connectivity index (χ3n) is 3.18. The maximum atomic E-state index is 11.4. The van der Waals surface area contributed by atoms with Crippen LogP contribution in [-0.2, 0) is 16.0 Å². The third-order valence-corrected chi connectivity index (χ3v) is 3.18. The number of carbonyl (C=O) groups excluding carboxylic acids is 1. The summed E-state index contributed by atoms with van der Waals surface area (Å²) in [6.07, 6.45) is 7.31. The number of rotatable bonds is 3. The topological polar surface area (TPSA) is 56.5 Å². The fraction of sp³-hybridized carbons (Fsp3) is 0.133. The molecule has 20 heavy (non-hydrogen) atoms. The van der Waals surface area contributed by atoms with Crippen LogP contribution in [0.4, 0.5) is 0 Å². The first-order valence-corrected chi connectivity index (χ1v) is 6.21. The van der Waals surface area contributed by atoms with Gasteiger partial charge in [0.05, 0.1) is 25.2 Å². The highest BCUT2D eigenvalue weighted by Crippen LogP contribution is 2.22. The van der Waals surface area contributed by atoms with E-state index in [0.29, 0.717) is 0 Å². The van der Waals surface area contributed by atoms with Gasteiger partial charge in [-0.1, -0.05) is 0 Å². The molecule has 5 heteroatoms. The van der Waals surface area contributed by atoms with Gasteiger partial charge in [-0.05, 0) is 35.4 Å². The van der Waals surface area contributed by atoms with E-state index in [1.54, 1.807) is 23.1 Å². The zero-order valence-corrected chi connectivity index (χ0v) is 11.0. The van der Waals surface area contributed by atoms with Crippen LogP contribution in [0, 0.1) is 0 Å². The molecule has 5 nitrogen and oxygen atoms in total. The van der Waals surface area contributed by atoms with Crippen LogP contribution < -0.4 is 0 Å². The molecule has 0 unspecified atom stereocenters. The molecule has 3 rings (SSSR count).